The van der Waals surface area contributed by atoms with Gasteiger partial charge in [0.15, 0.2) is 0 Å². The van der Waals surface area contributed by atoms with Gasteiger partial charge in [-0.05, 0) is 0 Å². The Morgan fingerprint density at radius 2 is 0.667 bits per heavy atom. The van der Waals surface area contributed by atoms with Gasteiger partial charge in [-0.2, -0.15) is 0 Å². The molecule has 0 radical (unpaired) electrons. The predicted octanol–water partition coefficient (Wildman–Crippen LogP) is -5.67. The molecule has 0 aromatic carbocycles. The van der Waals surface area contributed by atoms with Crippen LogP contribution in [0.3, 0.4) is 0 Å². The van der Waals surface area contributed by atoms with Gasteiger partial charge in [-0.15, -0.1) is 0 Å². The van der Waals surface area contributed by atoms with Gasteiger partial charge in [0.2, 0.25) is 0 Å². The molecule has 0 aromatic heterocycles. The Labute approximate surface area is 125 Å². The van der Waals surface area contributed by atoms with Crippen LogP contribution in [-0.2, 0) is 20.8 Å². The van der Waals surface area contributed by atoms with E-state index in [1.807, 2.05) is 0 Å². The van der Waals surface area contributed by atoms with E-state index in [-0.39, 0.29) is 70.8 Å². The third kappa shape index (κ3) is 337. The van der Waals surface area contributed by atoms with E-state index < -0.39 is 20.8 Å². The quantitative estimate of drug-likeness (QED) is 0.236. The van der Waals surface area contributed by atoms with E-state index in [1.165, 1.54) is 0 Å². The van der Waals surface area contributed by atoms with Gasteiger partial charge in [0.1, 0.15) is 0 Å². The summed E-state index contributed by atoms with van der Waals surface area (Å²) in [6, 6.07) is 0. The Morgan fingerprint density at radius 3 is 0.667 bits per heavy atom. The van der Waals surface area contributed by atoms with Crippen molar-refractivity contribution in [1.82, 2.24) is 0 Å². The molecule has 0 heterocycles. The zero-order valence-electron chi connectivity index (χ0n) is 5.66. The van der Waals surface area contributed by atoms with Crippen LogP contribution in [-0.4, -0.2) is 35.0 Å². The van der Waals surface area contributed by atoms with Crippen LogP contribution in [0.1, 0.15) is 0 Å². The molecule has 0 atom stereocenters. The van der Waals surface area contributed by atoms with E-state index in [1.54, 1.807) is 0 Å². The molecule has 0 unspecified atom stereocenters. The minimum atomic E-state index is -5.17. The second kappa shape index (κ2) is 9.65. The Bertz CT molecular complexity index is 213. The maximum Gasteiger partial charge on any atom is 3.00 e. The van der Waals surface area contributed by atoms with Crippen LogP contribution in [0.2, 0.25) is 0 Å². The molecule has 64 valence electrons. The van der Waals surface area contributed by atoms with E-state index in [2.05, 4.69) is 0 Å². The fourth-order valence-corrected chi connectivity index (χ4v) is 0. The van der Waals surface area contributed by atoms with Crippen molar-refractivity contribution in [3.05, 3.63) is 0 Å². The molecule has 12 heteroatoms. The van der Waals surface area contributed by atoms with Gasteiger partial charge in [0, 0.05) is 20.8 Å². The van der Waals surface area contributed by atoms with Gasteiger partial charge >= 0.3 is 70.8 Å². The molecular weight excluding hydrogens is 356 g/mol. The molecule has 0 spiro atoms. The fourth-order valence-electron chi connectivity index (χ4n) is 0. The van der Waals surface area contributed by atoms with Gasteiger partial charge in [-0.25, -0.2) is 0 Å². The Hall–Kier alpha value is 2.10. The second-order valence-corrected chi connectivity index (χ2v) is 2.45. The van der Waals surface area contributed by atoms with Crippen molar-refractivity contribution in [2.75, 3.05) is 0 Å². The van der Waals surface area contributed by atoms with Crippen LogP contribution in [0, 0.1) is 41.3 Å². The average Bonchev–Trinajstić information content (AvgIpc) is 1.12. The first-order chi connectivity index (χ1) is 4.00. The summed E-state index contributed by atoms with van der Waals surface area (Å²) in [7, 11) is -10.3. The number of hydrogen-bond acceptors (Lipinski definition) is 8. The minimum absolute atomic E-state index is 0. The summed E-state index contributed by atoms with van der Waals surface area (Å²) >= 11 is 0. The summed E-state index contributed by atoms with van der Waals surface area (Å²) in [5.74, 6) is 0. The summed E-state index contributed by atoms with van der Waals surface area (Å²) in [4.78, 5) is 0. The van der Waals surface area contributed by atoms with Gasteiger partial charge in [-0.3, -0.25) is 16.8 Å². The van der Waals surface area contributed by atoms with Crippen molar-refractivity contribution in [1.29, 1.82) is 0 Å². The summed E-state index contributed by atoms with van der Waals surface area (Å²) in [5.41, 5.74) is 0. The SMILES string of the molecule is O=S(=O)([O-])[O-].O=S(=O)([O-])[O-].[Na+].[Pr+3]. The fraction of sp³-hybridized carbons (Fsp3) is 0. The van der Waals surface area contributed by atoms with Crippen molar-refractivity contribution in [2.45, 2.75) is 0 Å². The molecular formula is NaO8PrS2. The molecule has 0 amide bonds. The summed E-state index contributed by atoms with van der Waals surface area (Å²) in [6.45, 7) is 0. The summed E-state index contributed by atoms with van der Waals surface area (Å²) in [6.07, 6.45) is 0. The van der Waals surface area contributed by atoms with E-state index >= 15 is 0 Å². The molecule has 0 fully saturated rings. The first-order valence-electron chi connectivity index (χ1n) is 1.33. The molecule has 0 aliphatic heterocycles. The van der Waals surface area contributed by atoms with Gasteiger partial charge in [0.25, 0.3) is 0 Å². The zero-order chi connectivity index (χ0) is 9.00. The number of hydrogen-bond donors (Lipinski definition) is 0. The molecule has 0 aromatic rings. The van der Waals surface area contributed by atoms with Crippen LogP contribution < -0.4 is 29.6 Å². The molecule has 0 aliphatic carbocycles. The van der Waals surface area contributed by atoms with Crippen LogP contribution in [0.4, 0.5) is 0 Å². The van der Waals surface area contributed by atoms with Crippen LogP contribution in [0.5, 0.6) is 0 Å². The topological polar surface area (TPSA) is 161 Å². The summed E-state index contributed by atoms with van der Waals surface area (Å²) in [5, 5.41) is 0. The molecule has 8 nitrogen and oxygen atoms in total. The molecule has 0 rings (SSSR count). The minimum Gasteiger partial charge on any atom is -0.759 e. The van der Waals surface area contributed by atoms with E-state index in [0.29, 0.717) is 0 Å². The molecule has 0 bridgehead atoms. The van der Waals surface area contributed by atoms with Gasteiger partial charge < -0.3 is 18.2 Å². The first kappa shape index (κ1) is 23.7. The second-order valence-electron chi connectivity index (χ2n) is 0.816. The van der Waals surface area contributed by atoms with Gasteiger partial charge in [-0.1, -0.05) is 0 Å². The Balaban J connectivity index is -0.0000000457. The Morgan fingerprint density at radius 1 is 0.667 bits per heavy atom. The van der Waals surface area contributed by atoms with Gasteiger partial charge in [0.05, 0.1) is 0 Å². The van der Waals surface area contributed by atoms with Crippen molar-refractivity contribution < 1.29 is 106 Å². The normalized spacial score (nSPS) is 9.67. The zero-order valence-corrected chi connectivity index (χ0v) is 13.0. The molecule has 0 saturated heterocycles. The smallest absolute Gasteiger partial charge is 0.759 e. The Kier molecular flexibility index (Phi) is 19.1. The molecule has 0 saturated carbocycles. The third-order valence-electron chi connectivity index (χ3n) is 0. The monoisotopic (exact) mass is 356 g/mol. The molecule has 12 heavy (non-hydrogen) atoms. The van der Waals surface area contributed by atoms with Crippen molar-refractivity contribution >= 4 is 20.8 Å². The van der Waals surface area contributed by atoms with Crippen molar-refractivity contribution in [3.8, 4) is 0 Å². The maximum atomic E-state index is 8.52. The average molecular weight is 356 g/mol. The number of rotatable bonds is 0. The van der Waals surface area contributed by atoms with Crippen LogP contribution >= 0.6 is 0 Å². The van der Waals surface area contributed by atoms with E-state index in [4.69, 9.17) is 35.0 Å². The third-order valence-corrected chi connectivity index (χ3v) is 0. The molecule has 0 aliphatic rings. The predicted molar refractivity (Wildman–Crippen MR) is 20.9 cm³/mol. The van der Waals surface area contributed by atoms with Crippen molar-refractivity contribution in [3.63, 3.8) is 0 Å². The van der Waals surface area contributed by atoms with E-state index in [0.717, 1.165) is 0 Å². The standard InChI is InChI=1S/Na.2H2O4S.Pr/c;2*1-5(2,3)4;/h;2*(H2,1,2,3,4);/q+1;;;+3/p-4. The maximum absolute atomic E-state index is 8.52. The van der Waals surface area contributed by atoms with Crippen LogP contribution in [0.25, 0.3) is 0 Å². The summed E-state index contributed by atoms with van der Waals surface area (Å²) < 4.78 is 68.2. The van der Waals surface area contributed by atoms with Crippen LogP contribution in [0.15, 0.2) is 0 Å². The van der Waals surface area contributed by atoms with E-state index in [9.17, 15) is 0 Å². The largest absolute Gasteiger partial charge is 3.00 e. The molecule has 0 N–H and O–H groups in total. The van der Waals surface area contributed by atoms with Crippen molar-refractivity contribution in [2.24, 2.45) is 0 Å². The first-order valence-corrected chi connectivity index (χ1v) is 4.00.